The Kier molecular flexibility index (Phi) is 6.42. The van der Waals surface area contributed by atoms with E-state index in [1.54, 1.807) is 18.0 Å². The first-order chi connectivity index (χ1) is 10.2. The van der Waals surface area contributed by atoms with Crippen LogP contribution in [0.1, 0.15) is 25.1 Å². The van der Waals surface area contributed by atoms with Crippen molar-refractivity contribution in [2.24, 2.45) is 0 Å². The zero-order chi connectivity index (χ0) is 15.2. The van der Waals surface area contributed by atoms with Gasteiger partial charge in [0.25, 0.3) is 0 Å². The van der Waals surface area contributed by atoms with Crippen LogP contribution in [0.25, 0.3) is 0 Å². The Morgan fingerprint density at radius 1 is 1.38 bits per heavy atom. The van der Waals surface area contributed by atoms with Crippen molar-refractivity contribution in [3.8, 4) is 0 Å². The molecule has 1 aromatic heterocycles. The number of hydrogen-bond acceptors (Lipinski definition) is 3. The minimum absolute atomic E-state index is 0.149. The average Bonchev–Trinajstić information content (AvgIpc) is 2.82. The van der Waals surface area contributed by atoms with Gasteiger partial charge in [-0.3, -0.25) is 4.68 Å². The molecule has 1 unspecified atom stereocenters. The van der Waals surface area contributed by atoms with Crippen molar-refractivity contribution in [3.05, 3.63) is 46.2 Å². The summed E-state index contributed by atoms with van der Waals surface area (Å²) in [4.78, 5) is 1.15. The van der Waals surface area contributed by atoms with Gasteiger partial charge in [-0.2, -0.15) is 5.10 Å². The molecule has 0 fully saturated rings. The molecule has 0 spiro atoms. The molecule has 0 saturated heterocycles. The van der Waals surface area contributed by atoms with Crippen LogP contribution < -0.4 is 5.32 Å². The zero-order valence-electron chi connectivity index (χ0n) is 12.1. The highest BCUT2D eigenvalue weighted by atomic mass is 35.5. The summed E-state index contributed by atoms with van der Waals surface area (Å²) in [7, 11) is 1.95. The second-order valence-corrected chi connectivity index (χ2v) is 6.65. The summed E-state index contributed by atoms with van der Waals surface area (Å²) < 4.78 is 1.99. The van der Waals surface area contributed by atoms with E-state index in [-0.39, 0.29) is 6.04 Å². The number of benzene rings is 1. The van der Waals surface area contributed by atoms with Crippen LogP contribution in [-0.2, 0) is 6.54 Å². The standard InChI is InChI=1S/C15H19Cl2N3S/c1-3-7-20-15(13(17)9-19-20)14(18-2)10-21-12-6-4-5-11(16)8-12/h4-6,8-9,14,18H,3,7,10H2,1-2H3. The Balaban J connectivity index is 2.11. The fourth-order valence-electron chi connectivity index (χ4n) is 2.14. The first-order valence-corrected chi connectivity index (χ1v) is 8.66. The van der Waals surface area contributed by atoms with Gasteiger partial charge in [-0.15, -0.1) is 11.8 Å². The van der Waals surface area contributed by atoms with Crippen LogP contribution in [0.4, 0.5) is 0 Å². The van der Waals surface area contributed by atoms with Crippen molar-refractivity contribution in [2.45, 2.75) is 30.8 Å². The summed E-state index contributed by atoms with van der Waals surface area (Å²) in [5, 5.41) is 9.16. The molecule has 1 aromatic carbocycles. The molecule has 0 bridgehead atoms. The maximum absolute atomic E-state index is 6.31. The molecule has 2 aromatic rings. The molecule has 6 heteroatoms. The van der Waals surface area contributed by atoms with E-state index in [0.717, 1.165) is 39.4 Å². The molecular formula is C15H19Cl2N3S. The maximum Gasteiger partial charge on any atom is 0.0834 e. The van der Waals surface area contributed by atoms with Gasteiger partial charge in [-0.05, 0) is 31.7 Å². The molecule has 114 valence electrons. The summed E-state index contributed by atoms with van der Waals surface area (Å²) in [5.74, 6) is 0.867. The van der Waals surface area contributed by atoms with Crippen LogP contribution in [0, 0.1) is 0 Å². The Hall–Kier alpha value is -0.680. The molecule has 0 radical (unpaired) electrons. The van der Waals surface area contributed by atoms with E-state index in [4.69, 9.17) is 23.2 Å². The Morgan fingerprint density at radius 3 is 2.86 bits per heavy atom. The van der Waals surface area contributed by atoms with E-state index < -0.39 is 0 Å². The van der Waals surface area contributed by atoms with Gasteiger partial charge in [-0.1, -0.05) is 36.2 Å². The number of rotatable bonds is 7. The van der Waals surface area contributed by atoms with Gasteiger partial charge in [0.2, 0.25) is 0 Å². The quantitative estimate of drug-likeness (QED) is 0.742. The topological polar surface area (TPSA) is 29.9 Å². The van der Waals surface area contributed by atoms with Crippen molar-refractivity contribution in [1.29, 1.82) is 0 Å². The van der Waals surface area contributed by atoms with E-state index in [1.807, 2.05) is 29.9 Å². The van der Waals surface area contributed by atoms with Gasteiger partial charge < -0.3 is 5.32 Å². The van der Waals surface area contributed by atoms with E-state index in [2.05, 4.69) is 23.4 Å². The van der Waals surface area contributed by atoms with Crippen LogP contribution in [0.2, 0.25) is 10.0 Å². The van der Waals surface area contributed by atoms with Gasteiger partial charge in [0.15, 0.2) is 0 Å². The van der Waals surface area contributed by atoms with Crippen molar-refractivity contribution >= 4 is 35.0 Å². The second kappa shape index (κ2) is 8.08. The molecule has 1 heterocycles. The Bertz CT molecular complexity index is 586. The minimum Gasteiger partial charge on any atom is -0.311 e. The van der Waals surface area contributed by atoms with Crippen LogP contribution in [-0.4, -0.2) is 22.6 Å². The van der Waals surface area contributed by atoms with E-state index in [9.17, 15) is 0 Å². The lowest BCUT2D eigenvalue weighted by Crippen LogP contribution is -2.23. The Morgan fingerprint density at radius 2 is 2.19 bits per heavy atom. The van der Waals surface area contributed by atoms with Gasteiger partial charge in [0.05, 0.1) is 23.0 Å². The van der Waals surface area contributed by atoms with Crippen molar-refractivity contribution < 1.29 is 0 Å². The average molecular weight is 344 g/mol. The lowest BCUT2D eigenvalue weighted by atomic mass is 10.2. The normalized spacial score (nSPS) is 12.6. The highest BCUT2D eigenvalue weighted by molar-refractivity contribution is 7.99. The largest absolute Gasteiger partial charge is 0.311 e. The molecule has 0 saturated carbocycles. The van der Waals surface area contributed by atoms with Crippen LogP contribution in [0.15, 0.2) is 35.4 Å². The lowest BCUT2D eigenvalue weighted by Gasteiger charge is -2.18. The minimum atomic E-state index is 0.149. The molecular weight excluding hydrogens is 325 g/mol. The van der Waals surface area contributed by atoms with E-state index in [1.165, 1.54) is 0 Å². The summed E-state index contributed by atoms with van der Waals surface area (Å²) in [6.45, 7) is 3.01. The number of aromatic nitrogens is 2. The SMILES string of the molecule is CCCn1ncc(Cl)c1C(CSc1cccc(Cl)c1)NC. The third-order valence-corrected chi connectivity index (χ3v) is 4.77. The van der Waals surface area contributed by atoms with Crippen molar-refractivity contribution in [3.63, 3.8) is 0 Å². The fraction of sp³-hybridized carbons (Fsp3) is 0.400. The first kappa shape index (κ1) is 16.7. The summed E-state index contributed by atoms with van der Waals surface area (Å²) in [6.07, 6.45) is 2.75. The van der Waals surface area contributed by atoms with Crippen LogP contribution in [0.3, 0.4) is 0 Å². The van der Waals surface area contributed by atoms with Crippen LogP contribution in [0.5, 0.6) is 0 Å². The molecule has 1 atom stereocenters. The van der Waals surface area contributed by atoms with Crippen molar-refractivity contribution in [2.75, 3.05) is 12.8 Å². The van der Waals surface area contributed by atoms with E-state index in [0.29, 0.717) is 0 Å². The van der Waals surface area contributed by atoms with Gasteiger partial charge in [-0.25, -0.2) is 0 Å². The third kappa shape index (κ3) is 4.39. The maximum atomic E-state index is 6.31. The van der Waals surface area contributed by atoms with E-state index >= 15 is 0 Å². The summed E-state index contributed by atoms with van der Waals surface area (Å²) in [5.41, 5.74) is 1.05. The number of nitrogens with one attached hydrogen (secondary N) is 1. The smallest absolute Gasteiger partial charge is 0.0834 e. The number of nitrogens with zero attached hydrogens (tertiary/aromatic N) is 2. The molecule has 1 N–H and O–H groups in total. The summed E-state index contributed by atoms with van der Waals surface area (Å²) >= 11 is 14.1. The molecule has 0 aliphatic rings. The molecule has 0 aliphatic carbocycles. The molecule has 2 rings (SSSR count). The highest BCUT2D eigenvalue weighted by Gasteiger charge is 2.19. The predicted octanol–water partition coefficient (Wildman–Crippen LogP) is 4.65. The lowest BCUT2D eigenvalue weighted by molar-refractivity contribution is 0.524. The van der Waals surface area contributed by atoms with Gasteiger partial charge in [0, 0.05) is 22.2 Å². The molecule has 21 heavy (non-hydrogen) atoms. The van der Waals surface area contributed by atoms with Gasteiger partial charge in [0.1, 0.15) is 0 Å². The third-order valence-electron chi connectivity index (χ3n) is 3.16. The molecule has 0 amide bonds. The fourth-order valence-corrected chi connectivity index (χ4v) is 3.74. The second-order valence-electron chi connectivity index (χ2n) is 4.71. The summed E-state index contributed by atoms with van der Waals surface area (Å²) in [6, 6.07) is 8.04. The first-order valence-electron chi connectivity index (χ1n) is 6.92. The van der Waals surface area contributed by atoms with Crippen LogP contribution >= 0.6 is 35.0 Å². The Labute approximate surface area is 140 Å². The molecule has 0 aliphatic heterocycles. The predicted molar refractivity (Wildman–Crippen MR) is 91.5 cm³/mol. The number of aryl methyl sites for hydroxylation is 1. The number of thioether (sulfide) groups is 1. The van der Waals surface area contributed by atoms with Gasteiger partial charge >= 0.3 is 0 Å². The monoisotopic (exact) mass is 343 g/mol. The zero-order valence-corrected chi connectivity index (χ0v) is 14.5. The highest BCUT2D eigenvalue weighted by Crippen LogP contribution is 2.29. The van der Waals surface area contributed by atoms with Crippen molar-refractivity contribution in [1.82, 2.24) is 15.1 Å². The molecule has 3 nitrogen and oxygen atoms in total. The number of hydrogen-bond donors (Lipinski definition) is 1. The number of halogens is 2.